The maximum absolute atomic E-state index is 13.0. The average Bonchev–Trinajstić information content (AvgIpc) is 2.47. The van der Waals surface area contributed by atoms with Crippen LogP contribution in [-0.4, -0.2) is 19.2 Å². The molecule has 0 atom stereocenters. The van der Waals surface area contributed by atoms with E-state index in [0.29, 0.717) is 5.75 Å². The molecule has 0 heterocycles. The van der Waals surface area contributed by atoms with Crippen molar-refractivity contribution < 1.29 is 13.9 Å². The molecule has 0 aromatic heterocycles. The van der Waals surface area contributed by atoms with Gasteiger partial charge < -0.3 is 4.74 Å². The highest BCUT2D eigenvalue weighted by atomic mass is 79.9. The highest BCUT2D eigenvalue weighted by molar-refractivity contribution is 9.10. The minimum atomic E-state index is -0.474. The van der Waals surface area contributed by atoms with E-state index in [4.69, 9.17) is 4.74 Å². The van der Waals surface area contributed by atoms with Gasteiger partial charge in [-0.1, -0.05) is 6.07 Å². The van der Waals surface area contributed by atoms with Gasteiger partial charge in [-0.25, -0.2) is 9.82 Å². The van der Waals surface area contributed by atoms with Crippen LogP contribution in [0.5, 0.6) is 5.75 Å². The summed E-state index contributed by atoms with van der Waals surface area (Å²) < 4.78 is 18.9. The lowest BCUT2D eigenvalue weighted by molar-refractivity contribution is 0.0954. The lowest BCUT2D eigenvalue weighted by Crippen LogP contribution is -2.17. The van der Waals surface area contributed by atoms with Gasteiger partial charge in [0.25, 0.3) is 5.91 Å². The number of halogens is 2. The molecule has 2 aromatic carbocycles. The fourth-order valence-corrected chi connectivity index (χ4v) is 2.18. The van der Waals surface area contributed by atoms with Crippen molar-refractivity contribution in [3.63, 3.8) is 0 Å². The van der Waals surface area contributed by atoms with Crippen molar-refractivity contribution in [2.24, 2.45) is 5.10 Å². The summed E-state index contributed by atoms with van der Waals surface area (Å²) in [4.78, 5) is 11.7. The smallest absolute Gasteiger partial charge is 0.271 e. The van der Waals surface area contributed by atoms with Crippen LogP contribution in [0.1, 0.15) is 15.9 Å². The Kier molecular flexibility index (Phi) is 5.05. The van der Waals surface area contributed by atoms with Crippen LogP contribution in [0.25, 0.3) is 0 Å². The third-order valence-corrected chi connectivity index (χ3v) is 3.26. The van der Waals surface area contributed by atoms with Gasteiger partial charge in [0, 0.05) is 5.56 Å². The van der Waals surface area contributed by atoms with E-state index >= 15 is 0 Å². The van der Waals surface area contributed by atoms with E-state index in [2.05, 4.69) is 26.5 Å². The Hall–Kier alpha value is -2.21. The average molecular weight is 351 g/mol. The van der Waals surface area contributed by atoms with E-state index in [1.54, 1.807) is 25.3 Å². The van der Waals surface area contributed by atoms with Crippen molar-refractivity contribution in [2.45, 2.75) is 0 Å². The van der Waals surface area contributed by atoms with Gasteiger partial charge in [-0.05, 0) is 57.9 Å². The minimum absolute atomic E-state index is 0.211. The zero-order valence-corrected chi connectivity index (χ0v) is 12.7. The largest absolute Gasteiger partial charge is 0.496 e. The fourth-order valence-electron chi connectivity index (χ4n) is 1.62. The van der Waals surface area contributed by atoms with E-state index in [-0.39, 0.29) is 5.56 Å². The van der Waals surface area contributed by atoms with Crippen molar-refractivity contribution in [2.75, 3.05) is 7.11 Å². The summed E-state index contributed by atoms with van der Waals surface area (Å²) in [5, 5.41) is 3.84. The Morgan fingerprint density at radius 2 is 2.14 bits per heavy atom. The number of benzene rings is 2. The molecule has 0 saturated heterocycles. The molecular weight excluding hydrogens is 339 g/mol. The fraction of sp³-hybridized carbons (Fsp3) is 0.0667. The summed E-state index contributed by atoms with van der Waals surface area (Å²) in [7, 11) is 1.58. The van der Waals surface area contributed by atoms with E-state index in [1.807, 2.05) is 0 Å². The quantitative estimate of drug-likeness (QED) is 0.678. The molecule has 2 rings (SSSR count). The standard InChI is InChI=1S/C15H12BrFN2O2/c1-21-14-6-5-10(7-13(14)16)9-18-19-15(20)11-3-2-4-12(17)8-11/h2-9H,1H3,(H,19,20)/b18-9+. The zero-order chi connectivity index (χ0) is 15.2. The first-order chi connectivity index (χ1) is 10.1. The van der Waals surface area contributed by atoms with Crippen LogP contribution in [-0.2, 0) is 0 Å². The Bertz CT molecular complexity index is 689. The van der Waals surface area contributed by atoms with Crippen molar-refractivity contribution in [1.29, 1.82) is 0 Å². The van der Waals surface area contributed by atoms with Crippen LogP contribution in [0, 0.1) is 5.82 Å². The highest BCUT2D eigenvalue weighted by Gasteiger charge is 2.04. The highest BCUT2D eigenvalue weighted by Crippen LogP contribution is 2.24. The van der Waals surface area contributed by atoms with E-state index in [9.17, 15) is 9.18 Å². The molecule has 21 heavy (non-hydrogen) atoms. The molecule has 108 valence electrons. The van der Waals surface area contributed by atoms with Crippen LogP contribution >= 0.6 is 15.9 Å². The van der Waals surface area contributed by atoms with E-state index in [0.717, 1.165) is 16.1 Å². The SMILES string of the molecule is COc1ccc(/C=N/NC(=O)c2cccc(F)c2)cc1Br. The van der Waals surface area contributed by atoms with Crippen LogP contribution in [0.2, 0.25) is 0 Å². The van der Waals surface area contributed by atoms with Crippen LogP contribution in [0.4, 0.5) is 4.39 Å². The molecule has 0 bridgehead atoms. The number of hydrogen-bond donors (Lipinski definition) is 1. The Balaban J connectivity index is 2.02. The Morgan fingerprint density at radius 1 is 1.33 bits per heavy atom. The minimum Gasteiger partial charge on any atom is -0.496 e. The number of methoxy groups -OCH3 is 1. The topological polar surface area (TPSA) is 50.7 Å². The number of nitrogens with zero attached hydrogens (tertiary/aromatic N) is 1. The summed E-state index contributed by atoms with van der Waals surface area (Å²) in [6.45, 7) is 0. The van der Waals surface area contributed by atoms with Gasteiger partial charge >= 0.3 is 0 Å². The lowest BCUT2D eigenvalue weighted by atomic mass is 10.2. The predicted molar refractivity (Wildman–Crippen MR) is 82.2 cm³/mol. The summed E-state index contributed by atoms with van der Waals surface area (Å²) in [6, 6.07) is 10.8. The number of carbonyl (C=O) groups is 1. The van der Waals surface area contributed by atoms with Crippen molar-refractivity contribution >= 4 is 28.1 Å². The third-order valence-electron chi connectivity index (χ3n) is 2.64. The molecule has 0 fully saturated rings. The van der Waals surface area contributed by atoms with Gasteiger partial charge in [-0.2, -0.15) is 5.10 Å². The molecule has 0 unspecified atom stereocenters. The van der Waals surface area contributed by atoms with Gasteiger partial charge in [-0.15, -0.1) is 0 Å². The third kappa shape index (κ3) is 4.13. The zero-order valence-electron chi connectivity index (χ0n) is 11.1. The van der Waals surface area contributed by atoms with Crippen LogP contribution in [0.15, 0.2) is 52.0 Å². The van der Waals surface area contributed by atoms with Gasteiger partial charge in [0.2, 0.25) is 0 Å². The first-order valence-electron chi connectivity index (χ1n) is 6.02. The Labute approximate surface area is 129 Å². The molecule has 0 aliphatic heterocycles. The molecule has 1 amide bonds. The van der Waals surface area contributed by atoms with Crippen molar-refractivity contribution in [3.05, 3.63) is 63.9 Å². The van der Waals surface area contributed by atoms with Crippen LogP contribution < -0.4 is 10.2 Å². The number of rotatable bonds is 4. The summed E-state index contributed by atoms with van der Waals surface area (Å²) in [6.07, 6.45) is 1.49. The second-order valence-electron chi connectivity index (χ2n) is 4.10. The van der Waals surface area contributed by atoms with Crippen LogP contribution in [0.3, 0.4) is 0 Å². The van der Waals surface area contributed by atoms with Gasteiger partial charge in [-0.3, -0.25) is 4.79 Å². The van der Waals surface area contributed by atoms with Crippen molar-refractivity contribution in [1.82, 2.24) is 5.43 Å². The number of carbonyl (C=O) groups excluding carboxylic acids is 1. The predicted octanol–water partition coefficient (Wildman–Crippen LogP) is 3.36. The normalized spacial score (nSPS) is 10.6. The van der Waals surface area contributed by atoms with Gasteiger partial charge in [0.1, 0.15) is 11.6 Å². The summed E-state index contributed by atoms with van der Waals surface area (Å²) >= 11 is 3.36. The molecule has 1 N–H and O–H groups in total. The first kappa shape index (κ1) is 15.2. The second kappa shape index (κ2) is 6.99. The van der Waals surface area contributed by atoms with E-state index in [1.165, 1.54) is 24.4 Å². The monoisotopic (exact) mass is 350 g/mol. The maximum atomic E-state index is 13.0. The molecule has 0 spiro atoms. The number of amides is 1. The summed E-state index contributed by atoms with van der Waals surface area (Å²) in [5.74, 6) is -0.236. The second-order valence-corrected chi connectivity index (χ2v) is 4.96. The number of ether oxygens (including phenoxy) is 1. The number of nitrogens with one attached hydrogen (secondary N) is 1. The molecule has 6 heteroatoms. The molecular formula is C15H12BrFN2O2. The van der Waals surface area contributed by atoms with Gasteiger partial charge in [0.05, 0.1) is 17.8 Å². The van der Waals surface area contributed by atoms with E-state index < -0.39 is 11.7 Å². The Morgan fingerprint density at radius 3 is 2.81 bits per heavy atom. The summed E-state index contributed by atoms with van der Waals surface area (Å²) in [5.41, 5.74) is 3.33. The first-order valence-corrected chi connectivity index (χ1v) is 6.82. The maximum Gasteiger partial charge on any atom is 0.271 e. The molecule has 4 nitrogen and oxygen atoms in total. The molecule has 0 radical (unpaired) electrons. The van der Waals surface area contributed by atoms with Gasteiger partial charge in [0.15, 0.2) is 0 Å². The molecule has 0 saturated carbocycles. The molecule has 0 aliphatic carbocycles. The lowest BCUT2D eigenvalue weighted by Gasteiger charge is -2.03. The molecule has 2 aromatic rings. The number of hydrogen-bond acceptors (Lipinski definition) is 3. The number of hydrazone groups is 1. The van der Waals surface area contributed by atoms with Crippen molar-refractivity contribution in [3.8, 4) is 5.75 Å². The molecule has 0 aliphatic rings.